The first-order valence-corrected chi connectivity index (χ1v) is 8.28. The lowest BCUT2D eigenvalue weighted by Crippen LogP contribution is -2.37. The molecule has 0 unspecified atom stereocenters. The summed E-state index contributed by atoms with van der Waals surface area (Å²) in [5.41, 5.74) is 5.67. The predicted octanol–water partition coefficient (Wildman–Crippen LogP) is 1.67. The minimum Gasteiger partial charge on any atom is -0.462 e. The zero-order chi connectivity index (χ0) is 15.3. The molecule has 0 saturated heterocycles. The third-order valence-electron chi connectivity index (χ3n) is 2.44. The maximum absolute atomic E-state index is 12.1. The van der Waals surface area contributed by atoms with Gasteiger partial charge in [-0.25, -0.2) is 17.9 Å². The summed E-state index contributed by atoms with van der Waals surface area (Å²) in [4.78, 5) is 11.6. The quantitative estimate of drug-likeness (QED) is 0.707. The molecule has 1 atom stereocenters. The van der Waals surface area contributed by atoms with E-state index in [9.17, 15) is 13.2 Å². The van der Waals surface area contributed by atoms with Crippen LogP contribution in [0.3, 0.4) is 0 Å². The summed E-state index contributed by atoms with van der Waals surface area (Å²) in [5, 5.41) is 0. The smallest absolute Gasteiger partial charge is 0.338 e. The molecule has 1 aromatic carbocycles. The molecule has 0 radical (unpaired) electrons. The highest BCUT2D eigenvalue weighted by atomic mass is 79.9. The van der Waals surface area contributed by atoms with E-state index in [1.54, 1.807) is 13.8 Å². The standard InChI is InChI=1S/C12H17BrN2O4S.ClH/c1-3-19-12(16)9-4-5-11(10(13)6-9)20(17,18)15-8(2)7-14;/h4-6,8,15H,3,7,14H2,1-2H3;1H/t8-;/m0./s1. The van der Waals surface area contributed by atoms with E-state index in [0.29, 0.717) is 4.47 Å². The molecule has 0 spiro atoms. The number of carbonyl (C=O) groups is 1. The SMILES string of the molecule is CCOC(=O)c1ccc(S(=O)(=O)N[C@@H](C)CN)c(Br)c1.Cl. The first-order valence-electron chi connectivity index (χ1n) is 6.01. The summed E-state index contributed by atoms with van der Waals surface area (Å²) in [5.74, 6) is -0.500. The summed E-state index contributed by atoms with van der Waals surface area (Å²) in [6.45, 7) is 3.81. The minimum absolute atomic E-state index is 0. The van der Waals surface area contributed by atoms with E-state index >= 15 is 0 Å². The van der Waals surface area contributed by atoms with Gasteiger partial charge in [-0.3, -0.25) is 0 Å². The number of esters is 1. The van der Waals surface area contributed by atoms with Crippen LogP contribution in [0.5, 0.6) is 0 Å². The molecule has 0 heterocycles. The van der Waals surface area contributed by atoms with Crippen molar-refractivity contribution in [3.8, 4) is 0 Å². The molecule has 0 amide bonds. The Bertz CT molecular complexity index is 595. The van der Waals surface area contributed by atoms with Crippen molar-refractivity contribution < 1.29 is 17.9 Å². The Balaban J connectivity index is 0.00000400. The van der Waals surface area contributed by atoms with Gasteiger partial charge in [-0.15, -0.1) is 12.4 Å². The van der Waals surface area contributed by atoms with Crippen LogP contribution in [0.25, 0.3) is 0 Å². The van der Waals surface area contributed by atoms with Gasteiger partial charge in [0.25, 0.3) is 0 Å². The van der Waals surface area contributed by atoms with E-state index in [4.69, 9.17) is 10.5 Å². The zero-order valence-electron chi connectivity index (χ0n) is 11.6. The molecular weight excluding hydrogens is 384 g/mol. The number of sulfonamides is 1. The normalized spacial score (nSPS) is 12.4. The van der Waals surface area contributed by atoms with Gasteiger partial charge in [0.1, 0.15) is 0 Å². The summed E-state index contributed by atoms with van der Waals surface area (Å²) in [6.07, 6.45) is 0. The average molecular weight is 402 g/mol. The molecule has 0 aliphatic heterocycles. The van der Waals surface area contributed by atoms with Crippen LogP contribution in [0.4, 0.5) is 0 Å². The fraction of sp³-hybridized carbons (Fsp3) is 0.417. The fourth-order valence-electron chi connectivity index (χ4n) is 1.44. The number of nitrogens with two attached hydrogens (primary N) is 1. The lowest BCUT2D eigenvalue weighted by Gasteiger charge is -2.13. The van der Waals surface area contributed by atoms with Crippen LogP contribution in [0.15, 0.2) is 27.6 Å². The number of hydrogen-bond acceptors (Lipinski definition) is 5. The highest BCUT2D eigenvalue weighted by Gasteiger charge is 2.21. The van der Waals surface area contributed by atoms with Crippen LogP contribution in [0, 0.1) is 0 Å². The molecule has 0 aliphatic rings. The Kier molecular flexibility index (Phi) is 8.42. The van der Waals surface area contributed by atoms with Crippen molar-refractivity contribution in [2.45, 2.75) is 24.8 Å². The molecular formula is C12H18BrClN2O4S. The van der Waals surface area contributed by atoms with Gasteiger partial charge >= 0.3 is 5.97 Å². The Morgan fingerprint density at radius 3 is 2.57 bits per heavy atom. The summed E-state index contributed by atoms with van der Waals surface area (Å²) in [6, 6.07) is 3.79. The Morgan fingerprint density at radius 2 is 2.10 bits per heavy atom. The number of rotatable bonds is 6. The van der Waals surface area contributed by atoms with Gasteiger partial charge in [-0.2, -0.15) is 0 Å². The zero-order valence-corrected chi connectivity index (χ0v) is 14.8. The largest absolute Gasteiger partial charge is 0.462 e. The van der Waals surface area contributed by atoms with E-state index in [1.807, 2.05) is 0 Å². The van der Waals surface area contributed by atoms with Crippen LogP contribution in [0.2, 0.25) is 0 Å². The molecule has 6 nitrogen and oxygen atoms in total. The molecule has 1 rings (SSSR count). The van der Waals surface area contributed by atoms with Gasteiger partial charge in [-0.1, -0.05) is 0 Å². The number of ether oxygens (including phenoxy) is 1. The molecule has 0 fully saturated rings. The van der Waals surface area contributed by atoms with Gasteiger partial charge in [0, 0.05) is 17.1 Å². The van der Waals surface area contributed by atoms with E-state index in [0.717, 1.165) is 0 Å². The Labute approximate surface area is 139 Å². The molecule has 120 valence electrons. The van der Waals surface area contributed by atoms with E-state index < -0.39 is 16.0 Å². The molecule has 0 saturated carbocycles. The fourth-order valence-corrected chi connectivity index (χ4v) is 3.77. The lowest BCUT2D eigenvalue weighted by molar-refractivity contribution is 0.0526. The second-order valence-electron chi connectivity index (χ2n) is 4.12. The van der Waals surface area contributed by atoms with Crippen LogP contribution < -0.4 is 10.5 Å². The Morgan fingerprint density at radius 1 is 1.48 bits per heavy atom. The molecule has 3 N–H and O–H groups in total. The van der Waals surface area contributed by atoms with Crippen LogP contribution in [-0.4, -0.2) is 33.6 Å². The van der Waals surface area contributed by atoms with Gasteiger partial charge < -0.3 is 10.5 Å². The maximum atomic E-state index is 12.1. The summed E-state index contributed by atoms with van der Waals surface area (Å²) < 4.78 is 31.8. The third kappa shape index (κ3) is 5.55. The number of benzene rings is 1. The van der Waals surface area contributed by atoms with Crippen molar-refractivity contribution in [1.82, 2.24) is 4.72 Å². The van der Waals surface area contributed by atoms with Crippen molar-refractivity contribution in [3.05, 3.63) is 28.2 Å². The Hall–Kier alpha value is -0.670. The van der Waals surface area contributed by atoms with Gasteiger partial charge in [0.15, 0.2) is 0 Å². The average Bonchev–Trinajstić information content (AvgIpc) is 2.37. The summed E-state index contributed by atoms with van der Waals surface area (Å²) >= 11 is 3.16. The van der Waals surface area contributed by atoms with Crippen molar-refractivity contribution >= 4 is 44.3 Å². The second kappa shape index (κ2) is 8.70. The maximum Gasteiger partial charge on any atom is 0.338 e. The molecule has 0 aromatic heterocycles. The van der Waals surface area contributed by atoms with Crippen LogP contribution >= 0.6 is 28.3 Å². The van der Waals surface area contributed by atoms with E-state index in [-0.39, 0.29) is 42.1 Å². The van der Waals surface area contributed by atoms with E-state index in [2.05, 4.69) is 20.7 Å². The van der Waals surface area contributed by atoms with Crippen molar-refractivity contribution in [2.24, 2.45) is 5.73 Å². The number of nitrogens with one attached hydrogen (secondary N) is 1. The first kappa shape index (κ1) is 20.3. The number of hydrogen-bond donors (Lipinski definition) is 2. The van der Waals surface area contributed by atoms with Crippen LogP contribution in [-0.2, 0) is 14.8 Å². The van der Waals surface area contributed by atoms with E-state index in [1.165, 1.54) is 18.2 Å². The molecule has 9 heteroatoms. The molecule has 0 aliphatic carbocycles. The highest BCUT2D eigenvalue weighted by Crippen LogP contribution is 2.23. The predicted molar refractivity (Wildman–Crippen MR) is 86.2 cm³/mol. The number of carbonyl (C=O) groups excluding carboxylic acids is 1. The first-order chi connectivity index (χ1) is 9.31. The topological polar surface area (TPSA) is 98.5 Å². The van der Waals surface area contributed by atoms with Crippen molar-refractivity contribution in [3.63, 3.8) is 0 Å². The van der Waals surface area contributed by atoms with Crippen molar-refractivity contribution in [1.29, 1.82) is 0 Å². The lowest BCUT2D eigenvalue weighted by atomic mass is 10.2. The monoisotopic (exact) mass is 400 g/mol. The highest BCUT2D eigenvalue weighted by molar-refractivity contribution is 9.10. The van der Waals surface area contributed by atoms with Crippen molar-refractivity contribution in [2.75, 3.05) is 13.2 Å². The van der Waals surface area contributed by atoms with Gasteiger partial charge in [0.2, 0.25) is 10.0 Å². The molecule has 0 bridgehead atoms. The number of halogens is 2. The summed E-state index contributed by atoms with van der Waals surface area (Å²) in [7, 11) is -3.69. The second-order valence-corrected chi connectivity index (χ2v) is 6.66. The van der Waals surface area contributed by atoms with Gasteiger partial charge in [0.05, 0.1) is 17.1 Å². The minimum atomic E-state index is -3.69. The third-order valence-corrected chi connectivity index (χ3v) is 5.01. The van der Waals surface area contributed by atoms with Crippen LogP contribution in [0.1, 0.15) is 24.2 Å². The molecule has 1 aromatic rings. The molecule has 21 heavy (non-hydrogen) atoms. The van der Waals surface area contributed by atoms with Gasteiger partial charge in [-0.05, 0) is 48.0 Å².